The van der Waals surface area contributed by atoms with Crippen molar-refractivity contribution < 1.29 is 19.1 Å². The van der Waals surface area contributed by atoms with Crippen molar-refractivity contribution in [1.82, 2.24) is 9.80 Å². The van der Waals surface area contributed by atoms with E-state index >= 15 is 0 Å². The van der Waals surface area contributed by atoms with Crippen LogP contribution in [0, 0.1) is 0 Å². The molecular formula is C20H25N3O4. The van der Waals surface area contributed by atoms with Gasteiger partial charge in [-0.3, -0.25) is 14.5 Å². The highest BCUT2D eigenvalue weighted by Crippen LogP contribution is 2.34. The topological polar surface area (TPSA) is 71.1 Å². The van der Waals surface area contributed by atoms with Gasteiger partial charge in [-0.15, -0.1) is 0 Å². The number of fused-ring (bicyclic) bond motifs is 2. The van der Waals surface area contributed by atoms with Crippen molar-refractivity contribution in [2.24, 2.45) is 0 Å². The lowest BCUT2D eigenvalue weighted by Gasteiger charge is -2.52. The summed E-state index contributed by atoms with van der Waals surface area (Å²) in [6.45, 7) is 7.26. The summed E-state index contributed by atoms with van der Waals surface area (Å²) >= 11 is 0. The zero-order valence-electron chi connectivity index (χ0n) is 15.4. The largest absolute Gasteiger partial charge is 0.378 e. The highest BCUT2D eigenvalue weighted by atomic mass is 16.5. The summed E-state index contributed by atoms with van der Waals surface area (Å²) in [5, 5.41) is 2.69. The molecule has 3 aliphatic rings. The summed E-state index contributed by atoms with van der Waals surface area (Å²) in [4.78, 5) is 28.8. The molecule has 1 aromatic carbocycles. The van der Waals surface area contributed by atoms with Gasteiger partial charge in [0.15, 0.2) is 0 Å². The van der Waals surface area contributed by atoms with Crippen molar-refractivity contribution in [1.29, 1.82) is 0 Å². The second-order valence-corrected chi connectivity index (χ2v) is 7.48. The first-order valence-electron chi connectivity index (χ1n) is 9.36. The lowest BCUT2D eigenvalue weighted by Crippen LogP contribution is -2.69. The SMILES string of the molecule is C=CC(=O)Nc1cccc(C(=O)N2COC[C@@]3(COC[C@@H]4CCCN43)C2)c1. The van der Waals surface area contributed by atoms with Gasteiger partial charge in [-0.2, -0.15) is 0 Å². The smallest absolute Gasteiger partial charge is 0.255 e. The van der Waals surface area contributed by atoms with Crippen LogP contribution in [0.5, 0.6) is 0 Å². The Balaban J connectivity index is 1.51. The molecule has 4 rings (SSSR count). The molecule has 1 N–H and O–H groups in total. The van der Waals surface area contributed by atoms with Gasteiger partial charge in [0.05, 0.1) is 25.4 Å². The number of ether oxygens (including phenoxy) is 2. The van der Waals surface area contributed by atoms with Crippen LogP contribution >= 0.6 is 0 Å². The van der Waals surface area contributed by atoms with Gasteiger partial charge in [0.1, 0.15) is 6.73 Å². The molecule has 144 valence electrons. The Hall–Kier alpha value is -2.22. The van der Waals surface area contributed by atoms with Crippen molar-refractivity contribution >= 4 is 17.5 Å². The number of nitrogens with zero attached hydrogens (tertiary/aromatic N) is 2. The molecule has 0 aromatic heterocycles. The van der Waals surface area contributed by atoms with E-state index in [9.17, 15) is 9.59 Å². The maximum Gasteiger partial charge on any atom is 0.255 e. The number of rotatable bonds is 3. The summed E-state index contributed by atoms with van der Waals surface area (Å²) in [7, 11) is 0. The van der Waals surface area contributed by atoms with E-state index in [2.05, 4.69) is 16.8 Å². The fourth-order valence-corrected chi connectivity index (χ4v) is 4.39. The molecule has 0 bridgehead atoms. The van der Waals surface area contributed by atoms with Crippen LogP contribution in [-0.2, 0) is 14.3 Å². The molecule has 7 heteroatoms. The number of benzene rings is 1. The van der Waals surface area contributed by atoms with Crippen molar-refractivity contribution in [2.45, 2.75) is 24.4 Å². The Kier molecular flexibility index (Phi) is 4.99. The van der Waals surface area contributed by atoms with Crippen LogP contribution in [0.2, 0.25) is 0 Å². The fourth-order valence-electron chi connectivity index (χ4n) is 4.39. The summed E-state index contributed by atoms with van der Waals surface area (Å²) in [6.07, 6.45) is 3.50. The molecule has 0 unspecified atom stereocenters. The first kappa shape index (κ1) is 18.2. The van der Waals surface area contributed by atoms with Gasteiger partial charge in [-0.1, -0.05) is 12.6 Å². The van der Waals surface area contributed by atoms with E-state index in [1.165, 1.54) is 6.08 Å². The Morgan fingerprint density at radius 3 is 3.00 bits per heavy atom. The third kappa shape index (κ3) is 3.50. The van der Waals surface area contributed by atoms with Gasteiger partial charge in [-0.25, -0.2) is 0 Å². The van der Waals surface area contributed by atoms with Crippen LogP contribution < -0.4 is 5.32 Å². The molecule has 2 atom stereocenters. The summed E-state index contributed by atoms with van der Waals surface area (Å²) < 4.78 is 11.7. The first-order chi connectivity index (χ1) is 13.1. The fraction of sp³-hybridized carbons (Fsp3) is 0.500. The number of carbonyl (C=O) groups excluding carboxylic acids is 2. The molecule has 27 heavy (non-hydrogen) atoms. The van der Waals surface area contributed by atoms with Crippen LogP contribution in [0.1, 0.15) is 23.2 Å². The molecule has 0 saturated carbocycles. The highest BCUT2D eigenvalue weighted by molar-refractivity contribution is 6.00. The van der Waals surface area contributed by atoms with Crippen molar-refractivity contribution in [3.05, 3.63) is 42.5 Å². The second kappa shape index (κ2) is 7.42. The van der Waals surface area contributed by atoms with Gasteiger partial charge < -0.3 is 19.7 Å². The van der Waals surface area contributed by atoms with E-state index in [0.29, 0.717) is 37.1 Å². The second-order valence-electron chi connectivity index (χ2n) is 7.48. The van der Waals surface area contributed by atoms with Gasteiger partial charge in [0.25, 0.3) is 5.91 Å². The van der Waals surface area contributed by atoms with E-state index < -0.39 is 0 Å². The van der Waals surface area contributed by atoms with Crippen molar-refractivity contribution in [3.63, 3.8) is 0 Å². The van der Waals surface area contributed by atoms with Gasteiger partial charge in [-0.05, 0) is 43.7 Å². The Labute approximate surface area is 158 Å². The Morgan fingerprint density at radius 2 is 2.15 bits per heavy atom. The minimum atomic E-state index is -0.306. The molecule has 3 heterocycles. The van der Waals surface area contributed by atoms with Gasteiger partial charge >= 0.3 is 0 Å². The number of morpholine rings is 1. The monoisotopic (exact) mass is 371 g/mol. The maximum atomic E-state index is 13.1. The Bertz CT molecular complexity index is 748. The quantitative estimate of drug-likeness (QED) is 0.815. The van der Waals surface area contributed by atoms with Crippen LogP contribution in [0.3, 0.4) is 0 Å². The van der Waals surface area contributed by atoms with Crippen LogP contribution in [0.4, 0.5) is 5.69 Å². The zero-order chi connectivity index (χ0) is 18.9. The molecule has 3 aliphatic heterocycles. The molecule has 1 aromatic rings. The summed E-state index contributed by atoms with van der Waals surface area (Å²) in [5.41, 5.74) is 0.827. The van der Waals surface area contributed by atoms with Crippen molar-refractivity contribution in [2.75, 3.05) is 45.0 Å². The lowest BCUT2D eigenvalue weighted by atomic mass is 9.94. The molecule has 2 amide bonds. The molecule has 7 nitrogen and oxygen atoms in total. The predicted molar refractivity (Wildman–Crippen MR) is 100 cm³/mol. The average molecular weight is 371 g/mol. The number of carbonyl (C=O) groups is 2. The third-order valence-corrected chi connectivity index (χ3v) is 5.62. The number of hydrogen-bond acceptors (Lipinski definition) is 5. The first-order valence-corrected chi connectivity index (χ1v) is 9.36. The minimum absolute atomic E-state index is 0.106. The van der Waals surface area contributed by atoms with Crippen LogP contribution in [-0.4, -0.2) is 72.8 Å². The number of amides is 2. The van der Waals surface area contributed by atoms with E-state index in [4.69, 9.17) is 9.47 Å². The summed E-state index contributed by atoms with van der Waals surface area (Å²) in [6, 6.07) is 7.36. The molecule has 0 aliphatic carbocycles. The maximum absolute atomic E-state index is 13.1. The average Bonchev–Trinajstić information content (AvgIpc) is 3.18. The standard InChI is InChI=1S/C20H25N3O4/c1-2-18(24)21-16-6-3-5-15(9-16)19(25)22-11-20(13-27-14-22)12-26-10-17-7-4-8-23(17)20/h2-3,5-6,9,17H,1,4,7-8,10-14H2,(H,21,24)/t17-,20-/m0/s1. The van der Waals surface area contributed by atoms with Crippen LogP contribution in [0.25, 0.3) is 0 Å². The van der Waals surface area contributed by atoms with Crippen molar-refractivity contribution in [3.8, 4) is 0 Å². The number of anilines is 1. The van der Waals surface area contributed by atoms with E-state index in [1.54, 1.807) is 29.2 Å². The van der Waals surface area contributed by atoms with E-state index in [1.807, 2.05) is 0 Å². The lowest BCUT2D eigenvalue weighted by molar-refractivity contribution is -0.164. The van der Waals surface area contributed by atoms with E-state index in [-0.39, 0.29) is 24.1 Å². The van der Waals surface area contributed by atoms with Gasteiger partial charge in [0, 0.05) is 23.8 Å². The van der Waals surface area contributed by atoms with Crippen LogP contribution in [0.15, 0.2) is 36.9 Å². The number of nitrogens with one attached hydrogen (secondary N) is 1. The predicted octanol–water partition coefficient (Wildman–Crippen LogP) is 1.47. The summed E-state index contributed by atoms with van der Waals surface area (Å²) in [5.74, 6) is -0.413. The molecule has 0 radical (unpaired) electrons. The highest BCUT2D eigenvalue weighted by Gasteiger charge is 2.49. The van der Waals surface area contributed by atoms with Gasteiger partial charge in [0.2, 0.25) is 5.91 Å². The minimum Gasteiger partial charge on any atom is -0.378 e. The Morgan fingerprint density at radius 1 is 1.30 bits per heavy atom. The van der Waals surface area contributed by atoms with E-state index in [0.717, 1.165) is 26.0 Å². The normalized spacial score (nSPS) is 28.0. The molecule has 1 spiro atoms. The number of hydrogen-bond donors (Lipinski definition) is 1. The zero-order valence-corrected chi connectivity index (χ0v) is 15.4. The molecular weight excluding hydrogens is 346 g/mol. The molecule has 3 fully saturated rings. The molecule has 3 saturated heterocycles. The third-order valence-electron chi connectivity index (χ3n) is 5.62.